The van der Waals surface area contributed by atoms with E-state index in [9.17, 15) is 19.8 Å². The Balaban J connectivity index is 1.34. The minimum Gasteiger partial charge on any atom is -0.497 e. The van der Waals surface area contributed by atoms with E-state index in [-0.39, 0.29) is 66.6 Å². The molecule has 414 valence electrons. The van der Waals surface area contributed by atoms with Crippen LogP contribution in [-0.4, -0.2) is 125 Å². The number of fused-ring (bicyclic) bond motifs is 1. The number of carbonyl (C=O) groups is 2. The number of hydrogen-bond acceptors (Lipinski definition) is 15. The van der Waals surface area contributed by atoms with Crippen molar-refractivity contribution in [3.8, 4) is 39.8 Å². The van der Waals surface area contributed by atoms with Gasteiger partial charge in [0.15, 0.2) is 0 Å². The average molecular weight is 1120 g/mol. The van der Waals surface area contributed by atoms with E-state index in [0.29, 0.717) is 39.5 Å². The molecular formula is C55H60N10O12S2. The van der Waals surface area contributed by atoms with E-state index >= 15 is 16.8 Å². The van der Waals surface area contributed by atoms with Crippen LogP contribution in [0.25, 0.3) is 33.5 Å². The van der Waals surface area contributed by atoms with Crippen LogP contribution in [0.3, 0.4) is 0 Å². The number of nitrogens with one attached hydrogen (secondary N) is 3. The Labute approximate surface area is 457 Å². The molecule has 22 nitrogen and oxygen atoms in total. The number of nitrogens with zero attached hydrogens (tertiary/aromatic N) is 7. The fraction of sp³-hybridized carbons (Fsp3) is 0.273. The van der Waals surface area contributed by atoms with E-state index in [1.165, 1.54) is 37.1 Å². The molecule has 0 spiro atoms. The summed E-state index contributed by atoms with van der Waals surface area (Å²) in [5, 5.41) is 36.9. The summed E-state index contributed by atoms with van der Waals surface area (Å²) in [7, 11) is -5.66. The number of aliphatic hydroxyl groups excluding tert-OH is 1. The van der Waals surface area contributed by atoms with Gasteiger partial charge in [0.05, 0.1) is 63.7 Å². The lowest BCUT2D eigenvalue weighted by atomic mass is 9.98. The zero-order valence-electron chi connectivity index (χ0n) is 44.2. The van der Waals surface area contributed by atoms with E-state index in [1.807, 2.05) is 0 Å². The molecular weight excluding hydrogens is 1060 g/mol. The molecule has 8 rings (SSSR count). The number of benzene rings is 6. The number of amides is 2. The number of ether oxygens (including phenoxy) is 4. The molecule has 0 fully saturated rings. The maximum atomic E-state index is 16.4. The molecule has 2 aromatic heterocycles. The van der Waals surface area contributed by atoms with Gasteiger partial charge in [0, 0.05) is 30.7 Å². The molecule has 1 atom stereocenters. The number of alkyl carbamates (subject to hydrolysis) is 1. The molecule has 0 bridgehead atoms. The summed E-state index contributed by atoms with van der Waals surface area (Å²) in [5.41, 5.74) is 2.42. The molecule has 79 heavy (non-hydrogen) atoms. The first-order chi connectivity index (χ1) is 37.8. The largest absolute Gasteiger partial charge is 0.497 e. The smallest absolute Gasteiger partial charge is 0.408 e. The Morgan fingerprint density at radius 2 is 1.32 bits per heavy atom. The summed E-state index contributed by atoms with van der Waals surface area (Å²) in [6, 6.07) is 35.5. The topological polar surface area (TPSA) is 283 Å². The SMILES string of the molecule is COc1ccc(CN(Cc2ccc(OC)cc2)S(=O)(=O)c2c(S(=O)(=O)N[C@H](CO)CNC(=O)OCc3ccccc3)ccc(-c3cccc4[nH]c(CN(C(=O)O)C(C)(C)C)nc34)c2-c2nnn(Cc3ccc(OC)cc3)n2)cc1. The van der Waals surface area contributed by atoms with Gasteiger partial charge in [0.25, 0.3) is 0 Å². The maximum absolute atomic E-state index is 16.4. The van der Waals surface area contributed by atoms with Gasteiger partial charge in [-0.15, -0.1) is 10.2 Å². The van der Waals surface area contributed by atoms with Crippen molar-refractivity contribution in [3.05, 3.63) is 162 Å². The van der Waals surface area contributed by atoms with Gasteiger partial charge in [-0.05, 0) is 102 Å². The minimum absolute atomic E-state index is 0.0418. The van der Waals surface area contributed by atoms with Gasteiger partial charge >= 0.3 is 12.2 Å². The molecule has 2 heterocycles. The van der Waals surface area contributed by atoms with E-state index in [1.54, 1.807) is 142 Å². The lowest BCUT2D eigenvalue weighted by Crippen LogP contribution is -2.46. The second-order valence-corrected chi connectivity index (χ2v) is 22.7. The molecule has 8 aromatic rings. The maximum Gasteiger partial charge on any atom is 0.408 e. The number of aromatic nitrogens is 6. The van der Waals surface area contributed by atoms with Crippen LogP contribution in [0.5, 0.6) is 17.2 Å². The number of imidazole rings is 1. The fourth-order valence-corrected chi connectivity index (χ4v) is 12.2. The normalized spacial score (nSPS) is 12.3. The number of methoxy groups -OCH3 is 3. The lowest BCUT2D eigenvalue weighted by molar-refractivity contribution is 0.0939. The lowest BCUT2D eigenvalue weighted by Gasteiger charge is -2.32. The third-order valence-corrected chi connectivity index (χ3v) is 16.2. The van der Waals surface area contributed by atoms with Crippen molar-refractivity contribution < 1.29 is 55.6 Å². The average Bonchev–Trinajstić information content (AvgIpc) is 4.14. The summed E-state index contributed by atoms with van der Waals surface area (Å²) >= 11 is 0. The molecule has 5 N–H and O–H groups in total. The number of hydrogen-bond donors (Lipinski definition) is 5. The molecule has 0 saturated heterocycles. The number of aromatic amines is 1. The monoisotopic (exact) mass is 1120 g/mol. The molecule has 0 radical (unpaired) electrons. The highest BCUT2D eigenvalue weighted by Crippen LogP contribution is 2.43. The van der Waals surface area contributed by atoms with Gasteiger partial charge in [0.2, 0.25) is 25.9 Å². The Morgan fingerprint density at radius 1 is 0.722 bits per heavy atom. The highest BCUT2D eigenvalue weighted by molar-refractivity contribution is 7.92. The fourth-order valence-electron chi connectivity index (χ4n) is 8.53. The van der Waals surface area contributed by atoms with Crippen LogP contribution >= 0.6 is 0 Å². The van der Waals surface area contributed by atoms with Gasteiger partial charge < -0.3 is 39.5 Å². The number of rotatable bonds is 23. The van der Waals surface area contributed by atoms with Crippen LogP contribution in [0, 0.1) is 0 Å². The molecule has 6 aromatic carbocycles. The molecule has 0 saturated carbocycles. The van der Waals surface area contributed by atoms with Crippen molar-refractivity contribution in [1.29, 1.82) is 0 Å². The van der Waals surface area contributed by atoms with Crippen LogP contribution < -0.4 is 24.2 Å². The molecule has 0 unspecified atom stereocenters. The summed E-state index contributed by atoms with van der Waals surface area (Å²) < 4.78 is 88.3. The molecule has 0 aliphatic rings. The number of carboxylic acid groups (broad SMARTS) is 1. The third kappa shape index (κ3) is 13.6. The van der Waals surface area contributed by atoms with Crippen molar-refractivity contribution in [2.45, 2.75) is 74.9 Å². The van der Waals surface area contributed by atoms with Gasteiger partial charge in [-0.3, -0.25) is 4.90 Å². The summed E-state index contributed by atoms with van der Waals surface area (Å²) in [6.07, 6.45) is -2.09. The van der Waals surface area contributed by atoms with E-state index in [4.69, 9.17) is 29.0 Å². The first kappa shape index (κ1) is 56.8. The van der Waals surface area contributed by atoms with Crippen LogP contribution in [0.4, 0.5) is 9.59 Å². The first-order valence-electron chi connectivity index (χ1n) is 24.7. The number of tetrazole rings is 1. The molecule has 2 amide bonds. The van der Waals surface area contributed by atoms with Gasteiger partial charge in [-0.25, -0.2) is 36.1 Å². The van der Waals surface area contributed by atoms with Crippen molar-refractivity contribution in [1.82, 2.24) is 49.4 Å². The Kier molecular flexibility index (Phi) is 17.6. The van der Waals surface area contributed by atoms with Gasteiger partial charge in [-0.1, -0.05) is 84.9 Å². The quantitative estimate of drug-likeness (QED) is 0.0424. The highest BCUT2D eigenvalue weighted by Gasteiger charge is 2.39. The standard InChI is InChI=1S/C55H60N10O12S2/c1-55(2,3)64(54(68)69)33-48-57-46-14-10-13-45(50(46)58-48)44-27-28-47(78(70,71)61-40(34-66)29-56-53(67)77-35-39-11-8-7-9-12-39)51(49(44)52-59-62-65(60-52)32-38-19-25-43(76-6)26-20-38)79(72,73)63(30-36-15-21-41(74-4)22-16-36)31-37-17-23-42(75-5)24-18-37/h7-28,40,61,66H,29-35H2,1-6H3,(H,56,67)(H,57,58)(H,68,69)/t40-/m0/s1. The molecule has 0 aliphatic carbocycles. The molecule has 0 aliphatic heterocycles. The summed E-state index contributed by atoms with van der Waals surface area (Å²) in [5.74, 6) is 1.58. The molecule has 24 heteroatoms. The van der Waals surface area contributed by atoms with E-state index < -0.39 is 66.8 Å². The minimum atomic E-state index is -5.13. The van der Waals surface area contributed by atoms with Crippen LogP contribution in [0.1, 0.15) is 48.8 Å². The number of sulfonamides is 2. The second kappa shape index (κ2) is 24.5. The first-order valence-corrected chi connectivity index (χ1v) is 27.6. The van der Waals surface area contributed by atoms with Gasteiger partial charge in [-0.2, -0.15) is 9.10 Å². The number of aliphatic hydroxyl groups is 1. The number of H-pyrrole nitrogens is 1. The number of para-hydroxylation sites is 1. The predicted molar refractivity (Wildman–Crippen MR) is 292 cm³/mol. The Bertz CT molecular complexity index is 3580. The van der Waals surface area contributed by atoms with Crippen molar-refractivity contribution in [2.75, 3.05) is 34.5 Å². The second-order valence-electron chi connectivity index (χ2n) is 19.1. The third-order valence-electron chi connectivity index (χ3n) is 12.7. The van der Waals surface area contributed by atoms with Crippen molar-refractivity contribution in [3.63, 3.8) is 0 Å². The zero-order valence-corrected chi connectivity index (χ0v) is 45.8. The van der Waals surface area contributed by atoms with Crippen LogP contribution in [0.15, 0.2) is 143 Å². The van der Waals surface area contributed by atoms with Crippen LogP contribution in [-0.2, 0) is 57.6 Å². The van der Waals surface area contributed by atoms with E-state index in [0.717, 1.165) is 15.9 Å². The van der Waals surface area contributed by atoms with E-state index in [2.05, 4.69) is 25.3 Å². The number of carbonyl (C=O) groups excluding carboxylic acids is 1. The van der Waals surface area contributed by atoms with Crippen molar-refractivity contribution >= 4 is 43.3 Å². The zero-order chi connectivity index (χ0) is 56.5. The van der Waals surface area contributed by atoms with Crippen LogP contribution in [0.2, 0.25) is 0 Å². The summed E-state index contributed by atoms with van der Waals surface area (Å²) in [6.45, 7) is 3.12. The van der Waals surface area contributed by atoms with Crippen molar-refractivity contribution in [2.24, 2.45) is 0 Å². The predicted octanol–water partition coefficient (Wildman–Crippen LogP) is 7.19. The Morgan fingerprint density at radius 3 is 1.87 bits per heavy atom. The Hall–Kier alpha value is -8.42. The van der Waals surface area contributed by atoms with Gasteiger partial charge in [0.1, 0.15) is 39.5 Å². The highest BCUT2D eigenvalue weighted by atomic mass is 32.2. The summed E-state index contributed by atoms with van der Waals surface area (Å²) in [4.78, 5) is 34.4.